The third kappa shape index (κ3) is 3.48. The molecule has 3 aliphatic rings. The average molecular weight is 487 g/mol. The fourth-order valence-electron chi connectivity index (χ4n) is 5.53. The van der Waals surface area contributed by atoms with E-state index in [1.165, 1.54) is 4.90 Å². The van der Waals surface area contributed by atoms with Crippen molar-refractivity contribution in [2.45, 2.75) is 68.1 Å². The van der Waals surface area contributed by atoms with Crippen molar-refractivity contribution in [1.82, 2.24) is 9.80 Å². The van der Waals surface area contributed by atoms with Crippen molar-refractivity contribution in [2.24, 2.45) is 11.8 Å². The molecule has 2 bridgehead atoms. The number of alkyl halides is 1. The van der Waals surface area contributed by atoms with Gasteiger partial charge in [0.15, 0.2) is 0 Å². The molecule has 2 amide bonds. The highest BCUT2D eigenvalue weighted by molar-refractivity contribution is 9.09. The molecule has 0 aromatic carbocycles. The first-order chi connectivity index (χ1) is 14.2. The minimum absolute atomic E-state index is 0.0561. The van der Waals surface area contributed by atoms with Crippen LogP contribution in [-0.4, -0.2) is 86.1 Å². The molecule has 2 unspecified atom stereocenters. The number of ether oxygens (including phenoxy) is 1. The summed E-state index contributed by atoms with van der Waals surface area (Å²) in [5, 5.41) is 19.2. The highest BCUT2D eigenvalue weighted by atomic mass is 79.9. The number of fused-ring (bicyclic) bond motifs is 1. The maximum absolute atomic E-state index is 13.9. The van der Waals surface area contributed by atoms with Crippen LogP contribution in [0, 0.1) is 11.8 Å². The van der Waals surface area contributed by atoms with Gasteiger partial charge >= 0.3 is 5.97 Å². The van der Waals surface area contributed by atoms with E-state index in [4.69, 9.17) is 4.74 Å². The standard InChI is InChI=1S/C21H31BrN2O6/c1-4-7-12(3)23(8-5-2)19(27)17-21-11-13(22)16(30-21)14(20(28)29)15(21)18(26)24(17)9-6-10-25/h5,12-17,25H,2,4,6-11H2,1,3H3,(H,28,29)/t12?,13?,14-,15+,16-,17-,21+/m1/s1. The van der Waals surface area contributed by atoms with Crippen LogP contribution >= 0.6 is 15.9 Å². The molecule has 0 aromatic heterocycles. The van der Waals surface area contributed by atoms with Crippen LogP contribution in [0.5, 0.6) is 0 Å². The average Bonchev–Trinajstić information content (AvgIpc) is 3.27. The van der Waals surface area contributed by atoms with Crippen LogP contribution in [0.1, 0.15) is 39.5 Å². The van der Waals surface area contributed by atoms with Crippen LogP contribution in [0.2, 0.25) is 0 Å². The van der Waals surface area contributed by atoms with Gasteiger partial charge in [-0.05, 0) is 26.2 Å². The van der Waals surface area contributed by atoms with Gasteiger partial charge in [-0.25, -0.2) is 0 Å². The summed E-state index contributed by atoms with van der Waals surface area (Å²) in [6, 6.07) is -0.963. The van der Waals surface area contributed by atoms with Crippen molar-refractivity contribution in [3.05, 3.63) is 12.7 Å². The molecule has 0 radical (unpaired) electrons. The number of likely N-dealkylation sites (tertiary alicyclic amines) is 1. The molecule has 7 atom stereocenters. The van der Waals surface area contributed by atoms with E-state index >= 15 is 0 Å². The molecule has 3 saturated heterocycles. The predicted octanol–water partition coefficient (Wildman–Crippen LogP) is 1.40. The number of hydrogen-bond donors (Lipinski definition) is 2. The Morgan fingerprint density at radius 2 is 2.20 bits per heavy atom. The second-order valence-electron chi connectivity index (χ2n) is 8.53. The first-order valence-corrected chi connectivity index (χ1v) is 11.5. The highest BCUT2D eigenvalue weighted by Gasteiger charge is 2.76. The maximum atomic E-state index is 13.9. The SMILES string of the molecule is C=CCN(C(=O)[C@H]1N(CCCO)C(=O)[C@@H]2[C@@H](C(=O)O)[C@@H]3O[C@@]21CC3Br)C(C)CCC. The lowest BCUT2D eigenvalue weighted by Gasteiger charge is -2.39. The first-order valence-electron chi connectivity index (χ1n) is 10.6. The number of nitrogens with zero attached hydrogens (tertiary/aromatic N) is 2. The summed E-state index contributed by atoms with van der Waals surface area (Å²) in [6.07, 6.45) is 3.42. The first kappa shape index (κ1) is 23.2. The quantitative estimate of drug-likeness (QED) is 0.357. The van der Waals surface area contributed by atoms with Crippen molar-refractivity contribution in [3.8, 4) is 0 Å². The fraction of sp³-hybridized carbons (Fsp3) is 0.762. The van der Waals surface area contributed by atoms with Gasteiger partial charge in [0.05, 0.1) is 17.9 Å². The molecule has 0 aliphatic carbocycles. The molecule has 2 N–H and O–H groups in total. The normalized spacial score (nSPS) is 35.4. The van der Waals surface area contributed by atoms with E-state index in [2.05, 4.69) is 22.5 Å². The van der Waals surface area contributed by atoms with Crippen molar-refractivity contribution in [2.75, 3.05) is 19.7 Å². The lowest BCUT2D eigenvalue weighted by Crippen LogP contribution is -2.58. The van der Waals surface area contributed by atoms with E-state index in [1.54, 1.807) is 11.0 Å². The summed E-state index contributed by atoms with van der Waals surface area (Å²) in [7, 11) is 0. The molecule has 3 heterocycles. The zero-order valence-electron chi connectivity index (χ0n) is 17.5. The van der Waals surface area contributed by atoms with Crippen LogP contribution in [0.4, 0.5) is 0 Å². The van der Waals surface area contributed by atoms with Gasteiger partial charge in [-0.15, -0.1) is 6.58 Å². The molecule has 8 nitrogen and oxygen atoms in total. The van der Waals surface area contributed by atoms with Crippen LogP contribution in [-0.2, 0) is 19.1 Å². The molecule has 1 spiro atoms. The smallest absolute Gasteiger partial charge is 0.310 e. The molecule has 0 saturated carbocycles. The van der Waals surface area contributed by atoms with Gasteiger partial charge in [0.25, 0.3) is 0 Å². The fourth-order valence-corrected chi connectivity index (χ4v) is 6.47. The number of carbonyl (C=O) groups is 3. The number of hydrogen-bond acceptors (Lipinski definition) is 5. The Hall–Kier alpha value is -1.45. The molecule has 168 valence electrons. The summed E-state index contributed by atoms with van der Waals surface area (Å²) in [6.45, 7) is 8.17. The third-order valence-corrected chi connectivity index (χ3v) is 7.56. The highest BCUT2D eigenvalue weighted by Crippen LogP contribution is 2.60. The monoisotopic (exact) mass is 486 g/mol. The molecule has 0 aromatic rings. The van der Waals surface area contributed by atoms with Gasteiger partial charge in [0.1, 0.15) is 11.6 Å². The van der Waals surface area contributed by atoms with E-state index in [-0.39, 0.29) is 35.8 Å². The Morgan fingerprint density at radius 3 is 2.77 bits per heavy atom. The van der Waals surface area contributed by atoms with Crippen LogP contribution < -0.4 is 0 Å². The number of aliphatic hydroxyl groups excluding tert-OH is 1. The van der Waals surface area contributed by atoms with Crippen molar-refractivity contribution >= 4 is 33.7 Å². The second-order valence-corrected chi connectivity index (χ2v) is 9.70. The number of aliphatic carboxylic acids is 1. The molecular formula is C21H31BrN2O6. The number of carboxylic acid groups (broad SMARTS) is 1. The zero-order valence-corrected chi connectivity index (χ0v) is 19.1. The van der Waals surface area contributed by atoms with E-state index in [1.807, 2.05) is 13.8 Å². The lowest BCUT2D eigenvalue weighted by atomic mass is 9.70. The Morgan fingerprint density at radius 1 is 1.50 bits per heavy atom. The van der Waals surface area contributed by atoms with Crippen molar-refractivity contribution in [3.63, 3.8) is 0 Å². The van der Waals surface area contributed by atoms with Gasteiger partial charge in [-0.1, -0.05) is 35.4 Å². The summed E-state index contributed by atoms with van der Waals surface area (Å²) in [5.41, 5.74) is -1.17. The number of carbonyl (C=O) groups excluding carboxylic acids is 2. The van der Waals surface area contributed by atoms with Gasteiger partial charge < -0.3 is 24.7 Å². The van der Waals surface area contributed by atoms with Crippen LogP contribution in [0.3, 0.4) is 0 Å². The van der Waals surface area contributed by atoms with E-state index in [0.29, 0.717) is 19.4 Å². The Kier molecular flexibility index (Phi) is 6.94. The molecule has 9 heteroatoms. The molecule has 3 aliphatic heterocycles. The summed E-state index contributed by atoms with van der Waals surface area (Å²) < 4.78 is 6.23. The number of carboxylic acids is 1. The van der Waals surface area contributed by atoms with Crippen molar-refractivity contribution in [1.29, 1.82) is 0 Å². The minimum Gasteiger partial charge on any atom is -0.481 e. The van der Waals surface area contributed by atoms with Gasteiger partial charge in [0, 0.05) is 30.6 Å². The number of amides is 2. The number of halogens is 1. The van der Waals surface area contributed by atoms with Crippen molar-refractivity contribution < 1.29 is 29.3 Å². The van der Waals surface area contributed by atoms with Gasteiger partial charge in [-0.3, -0.25) is 14.4 Å². The largest absolute Gasteiger partial charge is 0.481 e. The molecule has 30 heavy (non-hydrogen) atoms. The second kappa shape index (κ2) is 8.96. The van der Waals surface area contributed by atoms with Crippen LogP contribution in [0.25, 0.3) is 0 Å². The third-order valence-electron chi connectivity index (χ3n) is 6.71. The number of rotatable bonds is 10. The number of aliphatic hydroxyl groups is 1. The Bertz CT molecular complexity index is 718. The molecule has 3 fully saturated rings. The van der Waals surface area contributed by atoms with E-state index < -0.39 is 35.6 Å². The topological polar surface area (TPSA) is 107 Å². The minimum atomic E-state index is -1.17. The van der Waals surface area contributed by atoms with Gasteiger partial charge in [-0.2, -0.15) is 0 Å². The molecular weight excluding hydrogens is 456 g/mol. The summed E-state index contributed by atoms with van der Waals surface area (Å²) in [5.74, 6) is -3.57. The maximum Gasteiger partial charge on any atom is 0.310 e. The van der Waals surface area contributed by atoms with Gasteiger partial charge in [0.2, 0.25) is 11.8 Å². The van der Waals surface area contributed by atoms with E-state index in [0.717, 1.165) is 12.8 Å². The molecule has 3 rings (SSSR count). The predicted molar refractivity (Wildman–Crippen MR) is 113 cm³/mol. The summed E-state index contributed by atoms with van der Waals surface area (Å²) in [4.78, 5) is 42.2. The summed E-state index contributed by atoms with van der Waals surface area (Å²) >= 11 is 3.53. The lowest BCUT2D eigenvalue weighted by molar-refractivity contribution is -0.151. The van der Waals surface area contributed by atoms with Crippen LogP contribution in [0.15, 0.2) is 12.7 Å². The van der Waals surface area contributed by atoms with E-state index in [9.17, 15) is 24.6 Å². The Labute approximate surface area is 185 Å². The zero-order chi connectivity index (χ0) is 22.2. The Balaban J connectivity index is 2.04.